The fourth-order valence-corrected chi connectivity index (χ4v) is 1.37. The van der Waals surface area contributed by atoms with Gasteiger partial charge in [-0.15, -0.1) is 0 Å². The largest absolute Gasteiger partial charge is 0.504 e. The van der Waals surface area contributed by atoms with Gasteiger partial charge in [0.15, 0.2) is 11.5 Å². The van der Waals surface area contributed by atoms with E-state index in [9.17, 15) is 5.11 Å². The molecule has 0 atom stereocenters. The van der Waals surface area contributed by atoms with Crippen LogP contribution < -0.4 is 4.74 Å². The summed E-state index contributed by atoms with van der Waals surface area (Å²) >= 11 is 4.12. The molecule has 2 nitrogen and oxygen atoms in total. The Bertz CT molecular complexity index is 261. The normalized spacial score (nSPS) is 9.83. The summed E-state index contributed by atoms with van der Waals surface area (Å²) in [5.74, 6) is 1.50. The third-order valence-corrected chi connectivity index (χ3v) is 1.88. The predicted molar refractivity (Wildman–Crippen MR) is 52.2 cm³/mol. The van der Waals surface area contributed by atoms with E-state index in [1.165, 1.54) is 0 Å². The van der Waals surface area contributed by atoms with Crippen LogP contribution in [0.3, 0.4) is 0 Å². The van der Waals surface area contributed by atoms with Gasteiger partial charge in [0.25, 0.3) is 0 Å². The van der Waals surface area contributed by atoms with E-state index in [2.05, 4.69) is 12.6 Å². The molecule has 0 unspecified atom stereocenters. The molecule has 1 aromatic carbocycles. The van der Waals surface area contributed by atoms with Crippen LogP contribution in [-0.2, 0) is 6.42 Å². The number of hydrogen-bond acceptors (Lipinski definition) is 3. The van der Waals surface area contributed by atoms with Crippen LogP contribution in [0, 0.1) is 0 Å². The van der Waals surface area contributed by atoms with Crippen LogP contribution in [0.15, 0.2) is 18.2 Å². The molecule has 0 amide bonds. The molecule has 0 heterocycles. The molecule has 0 aromatic heterocycles. The van der Waals surface area contributed by atoms with Gasteiger partial charge in [0.1, 0.15) is 0 Å². The average Bonchev–Trinajstić information content (AvgIpc) is 2.05. The molecule has 0 bridgehead atoms. The lowest BCUT2D eigenvalue weighted by atomic mass is 10.1. The van der Waals surface area contributed by atoms with E-state index in [1.54, 1.807) is 19.2 Å². The fourth-order valence-electron chi connectivity index (χ4n) is 1.12. The second-order valence-electron chi connectivity index (χ2n) is 2.44. The molecule has 1 N–H and O–H groups in total. The zero-order chi connectivity index (χ0) is 8.97. The minimum Gasteiger partial charge on any atom is -0.504 e. The number of phenolic OH excluding ortho intramolecular Hbond substituents is 1. The molecular formula is C9H12O2S. The number of phenols is 1. The smallest absolute Gasteiger partial charge is 0.163 e. The van der Waals surface area contributed by atoms with Crippen molar-refractivity contribution >= 4 is 12.6 Å². The highest BCUT2D eigenvalue weighted by Crippen LogP contribution is 2.29. The van der Waals surface area contributed by atoms with E-state index in [0.717, 1.165) is 17.7 Å². The Balaban J connectivity index is 3.00. The number of aryl methyl sites for hydroxylation is 1. The van der Waals surface area contributed by atoms with Crippen molar-refractivity contribution in [2.75, 3.05) is 12.9 Å². The van der Waals surface area contributed by atoms with E-state index in [0.29, 0.717) is 5.75 Å². The summed E-state index contributed by atoms with van der Waals surface area (Å²) in [7, 11) is 1.55. The molecule has 12 heavy (non-hydrogen) atoms. The second kappa shape index (κ2) is 4.26. The minimum atomic E-state index is 0.191. The summed E-state index contributed by atoms with van der Waals surface area (Å²) < 4.78 is 5.04. The Morgan fingerprint density at radius 3 is 2.83 bits per heavy atom. The SMILES string of the molecule is COc1c(O)cccc1CCS. The lowest BCUT2D eigenvalue weighted by Gasteiger charge is -2.08. The van der Waals surface area contributed by atoms with Crippen molar-refractivity contribution in [2.45, 2.75) is 6.42 Å². The molecule has 0 saturated carbocycles. The fraction of sp³-hybridized carbons (Fsp3) is 0.333. The predicted octanol–water partition coefficient (Wildman–Crippen LogP) is 1.87. The van der Waals surface area contributed by atoms with Gasteiger partial charge in [0.05, 0.1) is 7.11 Å². The van der Waals surface area contributed by atoms with Crippen LogP contribution in [0.1, 0.15) is 5.56 Å². The van der Waals surface area contributed by atoms with Crippen molar-refractivity contribution in [3.05, 3.63) is 23.8 Å². The zero-order valence-corrected chi connectivity index (χ0v) is 7.84. The van der Waals surface area contributed by atoms with Gasteiger partial charge in [0, 0.05) is 0 Å². The lowest BCUT2D eigenvalue weighted by Crippen LogP contribution is -1.93. The highest BCUT2D eigenvalue weighted by molar-refractivity contribution is 7.80. The molecule has 0 radical (unpaired) electrons. The molecule has 0 aliphatic rings. The average molecular weight is 184 g/mol. The van der Waals surface area contributed by atoms with Crippen LogP contribution in [0.5, 0.6) is 11.5 Å². The summed E-state index contributed by atoms with van der Waals surface area (Å²) in [6, 6.07) is 5.34. The van der Waals surface area contributed by atoms with Crippen LogP contribution in [0.4, 0.5) is 0 Å². The molecule has 0 saturated heterocycles. The maximum absolute atomic E-state index is 9.37. The van der Waals surface area contributed by atoms with E-state index in [1.807, 2.05) is 6.07 Å². The van der Waals surface area contributed by atoms with Crippen LogP contribution >= 0.6 is 12.6 Å². The monoisotopic (exact) mass is 184 g/mol. The van der Waals surface area contributed by atoms with E-state index < -0.39 is 0 Å². The Morgan fingerprint density at radius 1 is 1.50 bits per heavy atom. The first-order chi connectivity index (χ1) is 5.79. The zero-order valence-electron chi connectivity index (χ0n) is 6.95. The van der Waals surface area contributed by atoms with Crippen LogP contribution in [0.25, 0.3) is 0 Å². The summed E-state index contributed by atoms with van der Waals surface area (Å²) in [6.07, 6.45) is 0.806. The first kappa shape index (κ1) is 9.26. The van der Waals surface area contributed by atoms with E-state index >= 15 is 0 Å². The van der Waals surface area contributed by atoms with Crippen LogP contribution in [0.2, 0.25) is 0 Å². The summed E-state index contributed by atoms with van der Waals surface area (Å²) in [4.78, 5) is 0. The minimum absolute atomic E-state index is 0.191. The van der Waals surface area contributed by atoms with Gasteiger partial charge < -0.3 is 9.84 Å². The van der Waals surface area contributed by atoms with Gasteiger partial charge in [-0.1, -0.05) is 12.1 Å². The van der Waals surface area contributed by atoms with Gasteiger partial charge in [-0.3, -0.25) is 0 Å². The van der Waals surface area contributed by atoms with Gasteiger partial charge >= 0.3 is 0 Å². The van der Waals surface area contributed by atoms with Crippen molar-refractivity contribution in [1.29, 1.82) is 0 Å². The Kier molecular flexibility index (Phi) is 3.29. The molecule has 0 fully saturated rings. The summed E-state index contributed by atoms with van der Waals surface area (Å²) in [6.45, 7) is 0. The van der Waals surface area contributed by atoms with Crippen LogP contribution in [-0.4, -0.2) is 18.0 Å². The second-order valence-corrected chi connectivity index (χ2v) is 2.89. The third-order valence-electron chi connectivity index (χ3n) is 1.66. The Hall–Kier alpha value is -0.830. The number of ether oxygens (including phenoxy) is 1. The van der Waals surface area contributed by atoms with Gasteiger partial charge in [0.2, 0.25) is 0 Å². The number of benzene rings is 1. The molecule has 3 heteroatoms. The van der Waals surface area contributed by atoms with Crippen molar-refractivity contribution in [2.24, 2.45) is 0 Å². The molecule has 0 aliphatic carbocycles. The summed E-state index contributed by atoms with van der Waals surface area (Å²) in [5, 5.41) is 9.37. The Morgan fingerprint density at radius 2 is 2.25 bits per heavy atom. The lowest BCUT2D eigenvalue weighted by molar-refractivity contribution is 0.369. The van der Waals surface area contributed by atoms with E-state index in [4.69, 9.17) is 4.74 Å². The Labute approximate surface area is 77.6 Å². The number of para-hydroxylation sites is 1. The van der Waals surface area contributed by atoms with Crippen molar-refractivity contribution in [3.63, 3.8) is 0 Å². The number of aromatic hydroxyl groups is 1. The topological polar surface area (TPSA) is 29.5 Å². The maximum Gasteiger partial charge on any atom is 0.163 e. The molecule has 0 spiro atoms. The quantitative estimate of drug-likeness (QED) is 0.702. The summed E-state index contributed by atoms with van der Waals surface area (Å²) in [5.41, 5.74) is 0.993. The molecule has 1 rings (SSSR count). The van der Waals surface area contributed by atoms with E-state index in [-0.39, 0.29) is 5.75 Å². The van der Waals surface area contributed by atoms with Crippen molar-refractivity contribution < 1.29 is 9.84 Å². The molecule has 66 valence electrons. The highest BCUT2D eigenvalue weighted by atomic mass is 32.1. The standard InChI is InChI=1S/C9H12O2S/c1-11-9-7(5-6-12)3-2-4-8(9)10/h2-4,10,12H,5-6H2,1H3. The van der Waals surface area contributed by atoms with Crippen molar-refractivity contribution in [1.82, 2.24) is 0 Å². The number of rotatable bonds is 3. The highest BCUT2D eigenvalue weighted by Gasteiger charge is 2.05. The van der Waals surface area contributed by atoms with Gasteiger partial charge in [-0.2, -0.15) is 12.6 Å². The van der Waals surface area contributed by atoms with Gasteiger partial charge in [-0.05, 0) is 23.8 Å². The maximum atomic E-state index is 9.37. The first-order valence-corrected chi connectivity index (χ1v) is 4.38. The number of hydrogen-bond donors (Lipinski definition) is 2. The number of thiol groups is 1. The third kappa shape index (κ3) is 1.85. The first-order valence-electron chi connectivity index (χ1n) is 3.75. The molecule has 1 aromatic rings. The number of methoxy groups -OCH3 is 1. The molecular weight excluding hydrogens is 172 g/mol. The molecule has 0 aliphatic heterocycles. The van der Waals surface area contributed by atoms with Crippen molar-refractivity contribution in [3.8, 4) is 11.5 Å². The van der Waals surface area contributed by atoms with Gasteiger partial charge in [-0.25, -0.2) is 0 Å².